The minimum Gasteiger partial charge on any atom is -0.298 e. The van der Waals surface area contributed by atoms with Crippen LogP contribution in [-0.4, -0.2) is 16.0 Å². The van der Waals surface area contributed by atoms with Gasteiger partial charge in [0.25, 0.3) is 5.69 Å². The summed E-state index contributed by atoms with van der Waals surface area (Å²) in [4.78, 5) is 20.6. The van der Waals surface area contributed by atoms with Gasteiger partial charge in [-0.3, -0.25) is 14.9 Å². The molecule has 0 unspecified atom stereocenters. The lowest BCUT2D eigenvalue weighted by Crippen LogP contribution is -2.15. The molecule has 0 fully saturated rings. The molecule has 0 heterocycles. The average molecular weight is 326 g/mol. The molecule has 0 atom stereocenters. The van der Waals surface area contributed by atoms with Crippen LogP contribution >= 0.6 is 15.9 Å². The molecular weight excluding hydrogens is 319 g/mol. The van der Waals surface area contributed by atoms with E-state index in [-0.39, 0.29) is 10.9 Å². The van der Waals surface area contributed by atoms with Gasteiger partial charge < -0.3 is 0 Å². The average Bonchev–Trinajstić information content (AvgIpc) is 2.26. The lowest BCUT2D eigenvalue weighted by atomic mass is 10.0. The standard InChI is InChI=1S/C10H7BrF3NO3/c11-5-7(16)4-6-2-1-3-8(15(17)18)9(6)10(12,13)14/h1-3H,4-5H2. The smallest absolute Gasteiger partial charge is 0.298 e. The highest BCUT2D eigenvalue weighted by Crippen LogP contribution is 2.38. The fraction of sp³-hybridized carbons (Fsp3) is 0.300. The number of carbonyl (C=O) groups is 1. The van der Waals surface area contributed by atoms with Gasteiger partial charge in [0.05, 0.1) is 10.3 Å². The van der Waals surface area contributed by atoms with Crippen molar-refractivity contribution in [3.05, 3.63) is 39.4 Å². The third-order valence-electron chi connectivity index (χ3n) is 2.15. The van der Waals surface area contributed by atoms with Gasteiger partial charge >= 0.3 is 6.18 Å². The molecule has 8 heteroatoms. The van der Waals surface area contributed by atoms with E-state index in [9.17, 15) is 28.1 Å². The van der Waals surface area contributed by atoms with Gasteiger partial charge in [-0.1, -0.05) is 28.1 Å². The fourth-order valence-corrected chi connectivity index (χ4v) is 1.67. The molecule has 0 bridgehead atoms. The molecule has 1 aromatic carbocycles. The molecule has 0 amide bonds. The van der Waals surface area contributed by atoms with E-state index in [1.807, 2.05) is 0 Å². The third kappa shape index (κ3) is 3.28. The van der Waals surface area contributed by atoms with Gasteiger partial charge in [-0.15, -0.1) is 0 Å². The summed E-state index contributed by atoms with van der Waals surface area (Å²) in [6.07, 6.45) is -5.37. The number of Topliss-reactive ketones (excluding diaryl/α,β-unsaturated/α-hetero) is 1. The number of nitro groups is 1. The highest BCUT2D eigenvalue weighted by atomic mass is 79.9. The number of hydrogen-bond donors (Lipinski definition) is 0. The first-order valence-corrected chi connectivity index (χ1v) is 5.80. The third-order valence-corrected chi connectivity index (χ3v) is 2.77. The maximum atomic E-state index is 12.8. The Morgan fingerprint density at radius 2 is 2.00 bits per heavy atom. The molecule has 18 heavy (non-hydrogen) atoms. The van der Waals surface area contributed by atoms with Crippen molar-refractivity contribution in [2.45, 2.75) is 12.6 Å². The van der Waals surface area contributed by atoms with Crippen LogP contribution in [0.15, 0.2) is 18.2 Å². The number of halogens is 4. The normalized spacial score (nSPS) is 11.3. The highest BCUT2D eigenvalue weighted by molar-refractivity contribution is 9.09. The maximum Gasteiger partial charge on any atom is 0.423 e. The van der Waals surface area contributed by atoms with Crippen molar-refractivity contribution < 1.29 is 22.9 Å². The molecule has 0 spiro atoms. The molecule has 1 aromatic rings. The Balaban J connectivity index is 3.38. The van der Waals surface area contributed by atoms with E-state index in [1.165, 1.54) is 0 Å². The predicted molar refractivity (Wildman–Crippen MR) is 60.6 cm³/mol. The summed E-state index contributed by atoms with van der Waals surface area (Å²) in [5, 5.41) is 10.5. The van der Waals surface area contributed by atoms with Gasteiger partial charge in [-0.25, -0.2) is 0 Å². The van der Waals surface area contributed by atoms with Gasteiger partial charge in [0.15, 0.2) is 0 Å². The summed E-state index contributed by atoms with van der Waals surface area (Å²) in [5.74, 6) is -0.485. The highest BCUT2D eigenvalue weighted by Gasteiger charge is 2.40. The molecule has 98 valence electrons. The minimum atomic E-state index is -4.87. The quantitative estimate of drug-likeness (QED) is 0.485. The lowest BCUT2D eigenvalue weighted by molar-refractivity contribution is -0.388. The summed E-state index contributed by atoms with van der Waals surface area (Å²) < 4.78 is 38.4. The second-order valence-electron chi connectivity index (χ2n) is 3.42. The number of hydrogen-bond acceptors (Lipinski definition) is 3. The number of rotatable bonds is 4. The summed E-state index contributed by atoms with van der Waals surface area (Å²) in [5.41, 5.74) is -2.78. The van der Waals surface area contributed by atoms with Gasteiger partial charge in [0.2, 0.25) is 0 Å². The number of nitro benzene ring substituents is 1. The van der Waals surface area contributed by atoms with Gasteiger partial charge in [-0.05, 0) is 5.56 Å². The van der Waals surface area contributed by atoms with Crippen LogP contribution in [-0.2, 0) is 17.4 Å². The van der Waals surface area contributed by atoms with Crippen LogP contribution in [0.3, 0.4) is 0 Å². The van der Waals surface area contributed by atoms with Crippen molar-refractivity contribution in [1.82, 2.24) is 0 Å². The molecule has 0 N–H and O–H groups in total. The number of alkyl halides is 4. The second kappa shape index (κ2) is 5.47. The van der Waals surface area contributed by atoms with Crippen molar-refractivity contribution in [3.8, 4) is 0 Å². The van der Waals surface area contributed by atoms with Crippen molar-refractivity contribution in [2.75, 3.05) is 5.33 Å². The predicted octanol–water partition coefficient (Wildman–Crippen LogP) is 3.12. The Morgan fingerprint density at radius 3 is 2.44 bits per heavy atom. The van der Waals surface area contributed by atoms with Gasteiger partial charge in [0, 0.05) is 12.5 Å². The van der Waals surface area contributed by atoms with E-state index in [0.717, 1.165) is 18.2 Å². The topological polar surface area (TPSA) is 60.2 Å². The van der Waals surface area contributed by atoms with E-state index < -0.39 is 34.6 Å². The Labute approximate surface area is 108 Å². The fourth-order valence-electron chi connectivity index (χ4n) is 1.47. The van der Waals surface area contributed by atoms with Crippen LogP contribution in [0.25, 0.3) is 0 Å². The number of benzene rings is 1. The molecule has 0 saturated heterocycles. The summed E-state index contributed by atoms with van der Waals surface area (Å²) in [7, 11) is 0. The van der Waals surface area contributed by atoms with Crippen molar-refractivity contribution >= 4 is 27.4 Å². The van der Waals surface area contributed by atoms with Gasteiger partial charge in [-0.2, -0.15) is 13.2 Å². The van der Waals surface area contributed by atoms with Crippen LogP contribution in [0.1, 0.15) is 11.1 Å². The largest absolute Gasteiger partial charge is 0.423 e. The lowest BCUT2D eigenvalue weighted by Gasteiger charge is -2.12. The molecule has 0 aliphatic carbocycles. The zero-order chi connectivity index (χ0) is 13.9. The molecule has 0 aliphatic rings. The van der Waals surface area contributed by atoms with E-state index >= 15 is 0 Å². The first-order valence-electron chi connectivity index (χ1n) is 4.68. The number of carbonyl (C=O) groups excluding carboxylic acids is 1. The van der Waals surface area contributed by atoms with Crippen LogP contribution < -0.4 is 0 Å². The van der Waals surface area contributed by atoms with Crippen LogP contribution in [0.4, 0.5) is 18.9 Å². The van der Waals surface area contributed by atoms with Crippen LogP contribution in [0.2, 0.25) is 0 Å². The Morgan fingerprint density at radius 1 is 1.39 bits per heavy atom. The molecule has 0 aliphatic heterocycles. The molecule has 0 saturated carbocycles. The summed E-state index contributed by atoms with van der Waals surface area (Å²) in [6, 6.07) is 2.96. The summed E-state index contributed by atoms with van der Waals surface area (Å²) >= 11 is 2.83. The summed E-state index contributed by atoms with van der Waals surface area (Å²) in [6.45, 7) is 0. The first kappa shape index (κ1) is 14.6. The molecular formula is C10H7BrF3NO3. The minimum absolute atomic E-state index is 0.104. The molecule has 0 radical (unpaired) electrons. The van der Waals surface area contributed by atoms with Crippen LogP contribution in [0, 0.1) is 10.1 Å². The Bertz CT molecular complexity index is 488. The zero-order valence-electron chi connectivity index (χ0n) is 8.83. The molecule has 4 nitrogen and oxygen atoms in total. The van der Waals surface area contributed by atoms with Gasteiger partial charge in [0.1, 0.15) is 11.3 Å². The van der Waals surface area contributed by atoms with E-state index in [4.69, 9.17) is 0 Å². The van der Waals surface area contributed by atoms with Crippen molar-refractivity contribution in [3.63, 3.8) is 0 Å². The van der Waals surface area contributed by atoms with E-state index in [0.29, 0.717) is 0 Å². The first-order chi connectivity index (χ1) is 8.27. The van der Waals surface area contributed by atoms with E-state index in [2.05, 4.69) is 15.9 Å². The Kier molecular flexibility index (Phi) is 4.44. The maximum absolute atomic E-state index is 12.8. The van der Waals surface area contributed by atoms with Crippen molar-refractivity contribution in [2.24, 2.45) is 0 Å². The second-order valence-corrected chi connectivity index (χ2v) is 3.98. The molecule has 1 rings (SSSR count). The zero-order valence-corrected chi connectivity index (χ0v) is 10.4. The van der Waals surface area contributed by atoms with E-state index in [1.54, 1.807) is 0 Å². The molecule has 0 aromatic heterocycles. The Hall–Kier alpha value is -1.44. The number of ketones is 1. The number of nitrogens with zero attached hydrogens (tertiary/aromatic N) is 1. The SMILES string of the molecule is O=C(CBr)Cc1cccc([N+](=O)[O-])c1C(F)(F)F. The van der Waals surface area contributed by atoms with Crippen LogP contribution in [0.5, 0.6) is 0 Å². The van der Waals surface area contributed by atoms with Crippen molar-refractivity contribution in [1.29, 1.82) is 0 Å². The monoisotopic (exact) mass is 325 g/mol.